The molecule has 0 spiro atoms. The van der Waals surface area contributed by atoms with Crippen LogP contribution >= 0.6 is 0 Å². The molecule has 8 heteroatoms. The molecule has 0 aromatic carbocycles. The third-order valence-corrected chi connectivity index (χ3v) is 3.61. The average molecular weight is 370 g/mol. The molecular formula is C18H26O8. The number of cyclic esters (lactones) is 1. The molecule has 146 valence electrons. The van der Waals surface area contributed by atoms with E-state index in [0.29, 0.717) is 6.42 Å². The van der Waals surface area contributed by atoms with Gasteiger partial charge in [-0.15, -0.1) is 0 Å². The van der Waals surface area contributed by atoms with E-state index < -0.39 is 48.3 Å². The van der Waals surface area contributed by atoms with Gasteiger partial charge >= 0.3 is 23.9 Å². The van der Waals surface area contributed by atoms with Gasteiger partial charge in [-0.1, -0.05) is 6.08 Å². The second-order valence-electron chi connectivity index (χ2n) is 6.29. The van der Waals surface area contributed by atoms with Crippen molar-refractivity contribution in [3.63, 3.8) is 0 Å². The van der Waals surface area contributed by atoms with E-state index in [0.717, 1.165) is 0 Å². The summed E-state index contributed by atoms with van der Waals surface area (Å²) in [5.74, 6) is -1.85. The van der Waals surface area contributed by atoms with Gasteiger partial charge in [0, 0.05) is 52.5 Å². The first-order valence-electron chi connectivity index (χ1n) is 8.54. The Morgan fingerprint density at radius 1 is 1.04 bits per heavy atom. The molecule has 0 aromatic rings. The second-order valence-corrected chi connectivity index (χ2v) is 6.29. The molecule has 0 radical (unpaired) electrons. The first-order valence-corrected chi connectivity index (χ1v) is 8.54. The van der Waals surface area contributed by atoms with Crippen LogP contribution in [-0.2, 0) is 38.1 Å². The highest BCUT2D eigenvalue weighted by Gasteiger charge is 2.28. The maximum absolute atomic E-state index is 11.4. The summed E-state index contributed by atoms with van der Waals surface area (Å²) in [6, 6.07) is 0. The van der Waals surface area contributed by atoms with E-state index >= 15 is 0 Å². The van der Waals surface area contributed by atoms with E-state index in [1.165, 1.54) is 26.8 Å². The Balaban J connectivity index is 2.75. The van der Waals surface area contributed by atoms with Crippen LogP contribution in [0.4, 0.5) is 0 Å². The third kappa shape index (κ3) is 9.19. The van der Waals surface area contributed by atoms with Gasteiger partial charge in [-0.05, 0) is 6.92 Å². The highest BCUT2D eigenvalue weighted by atomic mass is 16.6. The maximum Gasteiger partial charge on any atom is 0.330 e. The maximum atomic E-state index is 11.4. The molecule has 0 amide bonds. The standard InChI is InChI=1S/C18H26O8/c1-11(23-12(2)19)8-16(24-13(3)20)10-17(25-14(4)21)9-15-6-5-7-18(22)26-15/h5,7,11,15-17H,6,8-10H2,1-4H3/t11-,15-,16-,17+/m1/s1. The molecular weight excluding hydrogens is 344 g/mol. The van der Waals surface area contributed by atoms with Gasteiger partial charge in [0.15, 0.2) is 0 Å². The van der Waals surface area contributed by atoms with E-state index in [9.17, 15) is 19.2 Å². The van der Waals surface area contributed by atoms with Crippen molar-refractivity contribution in [3.05, 3.63) is 12.2 Å². The molecule has 1 heterocycles. The predicted molar refractivity (Wildman–Crippen MR) is 89.8 cm³/mol. The van der Waals surface area contributed by atoms with E-state index in [-0.39, 0.29) is 19.3 Å². The van der Waals surface area contributed by atoms with Gasteiger partial charge in [-0.3, -0.25) is 14.4 Å². The van der Waals surface area contributed by atoms with Crippen molar-refractivity contribution in [2.45, 2.75) is 77.8 Å². The van der Waals surface area contributed by atoms with Crippen molar-refractivity contribution >= 4 is 23.9 Å². The fraction of sp³-hybridized carbons (Fsp3) is 0.667. The zero-order chi connectivity index (χ0) is 19.7. The molecule has 0 bridgehead atoms. The number of ether oxygens (including phenoxy) is 4. The lowest BCUT2D eigenvalue weighted by molar-refractivity contribution is -0.157. The first kappa shape index (κ1) is 21.7. The Morgan fingerprint density at radius 3 is 2.15 bits per heavy atom. The minimum absolute atomic E-state index is 0.211. The second kappa shape index (κ2) is 10.6. The smallest absolute Gasteiger partial charge is 0.330 e. The molecule has 4 atom stereocenters. The highest BCUT2D eigenvalue weighted by molar-refractivity contribution is 5.82. The Bertz CT molecular complexity index is 553. The van der Waals surface area contributed by atoms with Crippen molar-refractivity contribution in [2.75, 3.05) is 0 Å². The first-order chi connectivity index (χ1) is 12.2. The van der Waals surface area contributed by atoms with Gasteiger partial charge in [0.1, 0.15) is 24.4 Å². The summed E-state index contributed by atoms with van der Waals surface area (Å²) in [6.07, 6.45) is 2.23. The molecule has 0 saturated carbocycles. The molecule has 26 heavy (non-hydrogen) atoms. The Morgan fingerprint density at radius 2 is 1.62 bits per heavy atom. The lowest BCUT2D eigenvalue weighted by Crippen LogP contribution is -2.33. The van der Waals surface area contributed by atoms with Gasteiger partial charge in [0.25, 0.3) is 0 Å². The summed E-state index contributed by atoms with van der Waals surface area (Å²) in [5, 5.41) is 0. The summed E-state index contributed by atoms with van der Waals surface area (Å²) < 4.78 is 20.9. The monoisotopic (exact) mass is 370 g/mol. The van der Waals surface area contributed by atoms with Gasteiger partial charge in [-0.2, -0.15) is 0 Å². The third-order valence-electron chi connectivity index (χ3n) is 3.61. The summed E-state index contributed by atoms with van der Waals surface area (Å²) >= 11 is 0. The number of hydrogen-bond acceptors (Lipinski definition) is 8. The minimum Gasteiger partial charge on any atom is -0.463 e. The molecule has 0 fully saturated rings. The zero-order valence-electron chi connectivity index (χ0n) is 15.6. The Labute approximate surface area is 152 Å². The number of rotatable bonds is 9. The fourth-order valence-corrected chi connectivity index (χ4v) is 2.85. The average Bonchev–Trinajstić information content (AvgIpc) is 2.44. The van der Waals surface area contributed by atoms with Crippen LogP contribution in [0.1, 0.15) is 53.4 Å². The zero-order valence-corrected chi connectivity index (χ0v) is 15.6. The molecule has 0 N–H and O–H groups in total. The van der Waals surface area contributed by atoms with E-state index in [1.54, 1.807) is 13.0 Å². The lowest BCUT2D eigenvalue weighted by Gasteiger charge is -2.28. The summed E-state index contributed by atoms with van der Waals surface area (Å²) in [6.45, 7) is 5.54. The van der Waals surface area contributed by atoms with E-state index in [2.05, 4.69) is 0 Å². The Hall–Kier alpha value is -2.38. The largest absolute Gasteiger partial charge is 0.463 e. The topological polar surface area (TPSA) is 105 Å². The van der Waals surface area contributed by atoms with Crippen molar-refractivity contribution in [3.8, 4) is 0 Å². The lowest BCUT2D eigenvalue weighted by atomic mass is 9.99. The molecule has 8 nitrogen and oxygen atoms in total. The van der Waals surface area contributed by atoms with E-state index in [4.69, 9.17) is 18.9 Å². The summed E-state index contributed by atoms with van der Waals surface area (Å²) in [5.41, 5.74) is 0. The van der Waals surface area contributed by atoms with Crippen LogP contribution in [0, 0.1) is 0 Å². The predicted octanol–water partition coefficient (Wildman–Crippen LogP) is 1.84. The van der Waals surface area contributed by atoms with Crippen molar-refractivity contribution in [2.24, 2.45) is 0 Å². The summed E-state index contributed by atoms with van der Waals surface area (Å²) in [4.78, 5) is 45.2. The van der Waals surface area contributed by atoms with Crippen LogP contribution in [0.5, 0.6) is 0 Å². The summed E-state index contributed by atoms with van der Waals surface area (Å²) in [7, 11) is 0. The molecule has 1 aliphatic heterocycles. The van der Waals surface area contributed by atoms with Crippen molar-refractivity contribution in [1.29, 1.82) is 0 Å². The van der Waals surface area contributed by atoms with Crippen LogP contribution < -0.4 is 0 Å². The SMILES string of the molecule is CC(=O)O[C@H](C[C@@H](C[C@@H](C)OC(C)=O)OC(C)=O)C[C@H]1CC=CC(=O)O1. The number of hydrogen-bond donors (Lipinski definition) is 0. The Kier molecular flexibility index (Phi) is 8.81. The van der Waals surface area contributed by atoms with Crippen molar-refractivity contribution < 1.29 is 38.1 Å². The molecule has 0 unspecified atom stereocenters. The van der Waals surface area contributed by atoms with Crippen LogP contribution in [0.3, 0.4) is 0 Å². The molecule has 0 aliphatic carbocycles. The quantitative estimate of drug-likeness (QED) is 0.447. The molecule has 0 saturated heterocycles. The van der Waals surface area contributed by atoms with Gasteiger partial charge < -0.3 is 18.9 Å². The van der Waals surface area contributed by atoms with Crippen LogP contribution in [0.15, 0.2) is 12.2 Å². The van der Waals surface area contributed by atoms with Crippen LogP contribution in [0.2, 0.25) is 0 Å². The number of carbonyl (C=O) groups is 4. The molecule has 0 aromatic heterocycles. The number of carbonyl (C=O) groups excluding carboxylic acids is 4. The van der Waals surface area contributed by atoms with Gasteiger partial charge in [-0.25, -0.2) is 4.79 Å². The van der Waals surface area contributed by atoms with Crippen LogP contribution in [0.25, 0.3) is 0 Å². The van der Waals surface area contributed by atoms with Crippen LogP contribution in [-0.4, -0.2) is 48.3 Å². The van der Waals surface area contributed by atoms with Gasteiger partial charge in [0.2, 0.25) is 0 Å². The molecule has 1 rings (SSSR count). The minimum atomic E-state index is -0.610. The fourth-order valence-electron chi connectivity index (χ4n) is 2.85. The highest BCUT2D eigenvalue weighted by Crippen LogP contribution is 2.21. The number of esters is 4. The van der Waals surface area contributed by atoms with E-state index in [1.807, 2.05) is 0 Å². The van der Waals surface area contributed by atoms with Gasteiger partial charge in [0.05, 0.1) is 0 Å². The molecule has 1 aliphatic rings. The van der Waals surface area contributed by atoms with Crippen molar-refractivity contribution in [1.82, 2.24) is 0 Å². The normalized spacial score (nSPS) is 19.7.